The third kappa shape index (κ3) is 7.31. The summed E-state index contributed by atoms with van der Waals surface area (Å²) in [5.74, 6) is 0.442. The molecule has 5 aromatic rings. The number of furan rings is 1. The Hall–Kier alpha value is -4.88. The summed E-state index contributed by atoms with van der Waals surface area (Å²) in [6.07, 6.45) is 6.32. The normalized spacial score (nSPS) is 18.9. The summed E-state index contributed by atoms with van der Waals surface area (Å²) in [5.41, 5.74) is 5.27. The standard InChI is InChI=1S/C38H42N6O6S/c1-22-8-6-9-23(2)33(22)29-14-32(43-36(42-29)44-51(47,48)28-11-7-10-25(12-28)35(45)46)49-21-26(18-38-15-24(16-38)17-38)39-19-27-20-40-34-30(41-27)13-31(50-34)37(3,4)5/h6-14,20,24,26,39H,15-19,21H2,1-5H3,(H,45,46)(H,42,43,44). The Bertz CT molecular complexity index is 2210. The van der Waals surface area contributed by atoms with Crippen LogP contribution in [0.4, 0.5) is 5.95 Å². The quantitative estimate of drug-likeness (QED) is 0.117. The Balaban J connectivity index is 1.15. The van der Waals surface area contributed by atoms with Crippen LogP contribution in [0.15, 0.2) is 70.1 Å². The Labute approximate surface area is 297 Å². The van der Waals surface area contributed by atoms with Gasteiger partial charge in [-0.1, -0.05) is 45.0 Å². The van der Waals surface area contributed by atoms with Gasteiger partial charge >= 0.3 is 5.97 Å². The first kappa shape index (κ1) is 34.6. The largest absolute Gasteiger partial charge is 0.478 e. The van der Waals surface area contributed by atoms with Crippen LogP contribution in [-0.4, -0.2) is 52.1 Å². The molecule has 0 aliphatic heterocycles. The Morgan fingerprint density at radius 2 is 1.76 bits per heavy atom. The highest BCUT2D eigenvalue weighted by molar-refractivity contribution is 7.92. The molecule has 13 heteroatoms. The third-order valence-electron chi connectivity index (χ3n) is 9.93. The van der Waals surface area contributed by atoms with E-state index in [1.807, 2.05) is 38.1 Å². The zero-order valence-corrected chi connectivity index (χ0v) is 30.2. The van der Waals surface area contributed by atoms with Crippen molar-refractivity contribution < 1.29 is 27.5 Å². The van der Waals surface area contributed by atoms with E-state index in [1.165, 1.54) is 37.5 Å². The van der Waals surface area contributed by atoms with E-state index in [4.69, 9.17) is 14.1 Å². The lowest BCUT2D eigenvalue weighted by Gasteiger charge is -2.63. The summed E-state index contributed by atoms with van der Waals surface area (Å²) in [6, 6.07) is 14.6. The molecule has 2 bridgehead atoms. The summed E-state index contributed by atoms with van der Waals surface area (Å²) in [4.78, 5) is 29.7. The Morgan fingerprint density at radius 1 is 1.04 bits per heavy atom. The number of hydrogen-bond acceptors (Lipinski definition) is 10. The van der Waals surface area contributed by atoms with Crippen LogP contribution in [0.25, 0.3) is 22.5 Å². The van der Waals surface area contributed by atoms with E-state index in [0.717, 1.165) is 52.1 Å². The topological polar surface area (TPSA) is 169 Å². The van der Waals surface area contributed by atoms with Crippen molar-refractivity contribution in [3.05, 3.63) is 88.9 Å². The lowest BCUT2D eigenvalue weighted by atomic mass is 9.43. The number of benzene rings is 2. The van der Waals surface area contributed by atoms with Gasteiger partial charge in [-0.15, -0.1) is 0 Å². The molecule has 3 fully saturated rings. The SMILES string of the molecule is Cc1cccc(C)c1-c1cc(OCC(CC23CC(C2)C3)NCc2cnc3oc(C(C)(C)C)cc3n2)nc(NS(=O)(=O)c2cccc(C(=O)O)c2)n1. The number of fused-ring (bicyclic) bond motifs is 1. The highest BCUT2D eigenvalue weighted by Gasteiger charge is 2.56. The molecule has 12 nitrogen and oxygen atoms in total. The number of aromatic carboxylic acids is 1. The smallest absolute Gasteiger partial charge is 0.335 e. The summed E-state index contributed by atoms with van der Waals surface area (Å²) in [7, 11) is -4.24. The van der Waals surface area contributed by atoms with Crippen molar-refractivity contribution >= 4 is 33.2 Å². The molecule has 0 amide bonds. The van der Waals surface area contributed by atoms with Crippen LogP contribution in [0.5, 0.6) is 5.88 Å². The predicted octanol–water partition coefficient (Wildman–Crippen LogP) is 6.82. The maximum Gasteiger partial charge on any atom is 0.335 e. The van der Waals surface area contributed by atoms with Gasteiger partial charge in [-0.3, -0.25) is 0 Å². The van der Waals surface area contributed by atoms with Crippen molar-refractivity contribution in [1.82, 2.24) is 25.3 Å². The van der Waals surface area contributed by atoms with Crippen molar-refractivity contribution in [3.8, 4) is 17.1 Å². The number of nitrogens with one attached hydrogen (secondary N) is 2. The second-order valence-electron chi connectivity index (χ2n) is 15.1. The molecule has 3 aliphatic rings. The molecule has 1 unspecified atom stereocenters. The van der Waals surface area contributed by atoms with E-state index in [0.29, 0.717) is 23.4 Å². The number of carbonyl (C=O) groups is 1. The van der Waals surface area contributed by atoms with Crippen LogP contribution >= 0.6 is 0 Å². The highest BCUT2D eigenvalue weighted by atomic mass is 32.2. The number of rotatable bonds is 13. The van der Waals surface area contributed by atoms with Gasteiger partial charge in [0, 0.05) is 35.7 Å². The van der Waals surface area contributed by atoms with Crippen LogP contribution in [0.1, 0.15) is 79.4 Å². The maximum absolute atomic E-state index is 13.4. The van der Waals surface area contributed by atoms with Crippen molar-refractivity contribution in [2.24, 2.45) is 11.3 Å². The monoisotopic (exact) mass is 710 g/mol. The number of nitrogens with zero attached hydrogens (tertiary/aromatic N) is 4. The minimum atomic E-state index is -4.24. The number of anilines is 1. The summed E-state index contributed by atoms with van der Waals surface area (Å²) in [5, 5.41) is 13.1. The van der Waals surface area contributed by atoms with Gasteiger partial charge in [0.25, 0.3) is 10.0 Å². The summed E-state index contributed by atoms with van der Waals surface area (Å²) in [6.45, 7) is 10.9. The molecule has 3 heterocycles. The van der Waals surface area contributed by atoms with E-state index in [2.05, 4.69) is 45.8 Å². The number of carboxylic acids is 1. The molecule has 3 aromatic heterocycles. The van der Waals surface area contributed by atoms with Gasteiger partial charge in [0.15, 0.2) is 0 Å². The zero-order valence-electron chi connectivity index (χ0n) is 29.4. The molecule has 51 heavy (non-hydrogen) atoms. The highest BCUT2D eigenvalue weighted by Crippen LogP contribution is 2.66. The first-order valence-corrected chi connectivity index (χ1v) is 18.6. The zero-order chi connectivity index (χ0) is 36.1. The fraction of sp³-hybridized carbons (Fsp3) is 0.395. The van der Waals surface area contributed by atoms with Gasteiger partial charge in [0.2, 0.25) is 17.5 Å². The number of carboxylic acid groups (broad SMARTS) is 1. The van der Waals surface area contributed by atoms with E-state index >= 15 is 0 Å². The molecule has 1 atom stereocenters. The molecule has 0 spiro atoms. The van der Waals surface area contributed by atoms with Crippen LogP contribution in [0, 0.1) is 25.2 Å². The van der Waals surface area contributed by atoms with Gasteiger partial charge in [-0.05, 0) is 80.2 Å². The molecule has 0 radical (unpaired) electrons. The average Bonchev–Trinajstić information content (AvgIpc) is 3.47. The minimum absolute atomic E-state index is 0.0456. The van der Waals surface area contributed by atoms with Gasteiger partial charge in [0.05, 0.1) is 28.0 Å². The van der Waals surface area contributed by atoms with Crippen molar-refractivity contribution in [2.75, 3.05) is 11.3 Å². The molecule has 8 rings (SSSR count). The first-order chi connectivity index (χ1) is 24.2. The second-order valence-corrected chi connectivity index (χ2v) is 16.8. The lowest BCUT2D eigenvalue weighted by molar-refractivity contribution is -0.119. The molecule has 266 valence electrons. The Kier molecular flexibility index (Phi) is 8.83. The van der Waals surface area contributed by atoms with Crippen LogP contribution in [-0.2, 0) is 22.0 Å². The molecule has 3 aliphatic carbocycles. The maximum atomic E-state index is 13.4. The predicted molar refractivity (Wildman–Crippen MR) is 192 cm³/mol. The van der Waals surface area contributed by atoms with Crippen LogP contribution in [0.3, 0.4) is 0 Å². The molecule has 0 saturated heterocycles. The van der Waals surface area contributed by atoms with Crippen molar-refractivity contribution in [1.29, 1.82) is 0 Å². The van der Waals surface area contributed by atoms with Crippen LogP contribution in [0.2, 0.25) is 0 Å². The van der Waals surface area contributed by atoms with E-state index in [1.54, 1.807) is 12.3 Å². The molecule has 3 N–H and O–H groups in total. The van der Waals surface area contributed by atoms with E-state index in [-0.39, 0.29) is 40.4 Å². The third-order valence-corrected chi connectivity index (χ3v) is 11.3. The molecule has 2 aromatic carbocycles. The first-order valence-electron chi connectivity index (χ1n) is 17.1. The Morgan fingerprint density at radius 3 is 2.43 bits per heavy atom. The second kappa shape index (κ2) is 13.0. The number of hydrogen-bond donors (Lipinski definition) is 3. The van der Waals surface area contributed by atoms with Crippen LogP contribution < -0.4 is 14.8 Å². The minimum Gasteiger partial charge on any atom is -0.478 e. The fourth-order valence-electron chi connectivity index (χ4n) is 7.24. The number of ether oxygens (including phenoxy) is 1. The lowest BCUT2D eigenvalue weighted by Crippen LogP contribution is -2.55. The summed E-state index contributed by atoms with van der Waals surface area (Å²) >= 11 is 0. The molecule has 3 saturated carbocycles. The summed E-state index contributed by atoms with van der Waals surface area (Å²) < 4.78 is 41.6. The number of aromatic nitrogens is 4. The molecular formula is C38H42N6O6S. The number of sulfonamides is 1. The fourth-order valence-corrected chi connectivity index (χ4v) is 8.23. The van der Waals surface area contributed by atoms with E-state index < -0.39 is 16.0 Å². The van der Waals surface area contributed by atoms with Crippen molar-refractivity contribution in [3.63, 3.8) is 0 Å². The molecular weight excluding hydrogens is 669 g/mol. The van der Waals surface area contributed by atoms with E-state index in [9.17, 15) is 18.3 Å². The van der Waals surface area contributed by atoms with Gasteiger partial charge in [-0.2, -0.15) is 4.98 Å². The average molecular weight is 711 g/mol. The van der Waals surface area contributed by atoms with Crippen molar-refractivity contribution in [2.45, 2.75) is 83.2 Å². The van der Waals surface area contributed by atoms with Gasteiger partial charge < -0.3 is 19.6 Å². The van der Waals surface area contributed by atoms with Gasteiger partial charge in [0.1, 0.15) is 17.9 Å². The van der Waals surface area contributed by atoms with Gasteiger partial charge in [-0.25, -0.2) is 32.9 Å². The number of aryl methyl sites for hydroxylation is 2.